The molecular weight excluding hydrogens is 258 g/mol. The molecule has 0 saturated carbocycles. The van der Waals surface area contributed by atoms with Gasteiger partial charge in [0.1, 0.15) is 0 Å². The molecule has 3 nitrogen and oxygen atoms in total. The van der Waals surface area contributed by atoms with Gasteiger partial charge in [0.25, 0.3) is 6.29 Å². The molecule has 1 aromatic carbocycles. The van der Waals surface area contributed by atoms with Gasteiger partial charge in [-0.25, -0.2) is 0 Å². The number of hydrogen-bond acceptors (Lipinski definition) is 2. The van der Waals surface area contributed by atoms with Gasteiger partial charge in [0.05, 0.1) is 5.69 Å². The van der Waals surface area contributed by atoms with Crippen LogP contribution in [0.5, 0.6) is 0 Å². The van der Waals surface area contributed by atoms with Gasteiger partial charge in [-0.05, 0) is 39.5 Å². The van der Waals surface area contributed by atoms with Crippen LogP contribution in [-0.4, -0.2) is 12.2 Å². The number of nitrogens with one attached hydrogen (secondary N) is 1. The average Bonchev–Trinajstić information content (AvgIpc) is 2.20. The van der Waals surface area contributed by atoms with Crippen molar-refractivity contribution in [2.24, 2.45) is 0 Å². The van der Waals surface area contributed by atoms with Crippen LogP contribution in [0.4, 0.5) is 5.69 Å². The number of carbonyl (C=O) groups is 1. The summed E-state index contributed by atoms with van der Waals surface area (Å²) in [5.74, 6) is -0.350. The summed E-state index contributed by atoms with van der Waals surface area (Å²) in [5.41, 5.74) is 1.74. The van der Waals surface area contributed by atoms with E-state index in [0.29, 0.717) is 11.6 Å². The zero-order valence-electron chi connectivity index (χ0n) is 8.50. The second-order valence-corrected chi connectivity index (χ2v) is 4.30. The van der Waals surface area contributed by atoms with E-state index in [1.54, 1.807) is 6.07 Å². The van der Waals surface area contributed by atoms with Crippen molar-refractivity contribution in [1.82, 2.24) is 0 Å². The summed E-state index contributed by atoms with van der Waals surface area (Å²) in [7, 11) is 0. The molecule has 0 saturated heterocycles. The Hall–Kier alpha value is -1.16. The molecule has 0 spiro atoms. The van der Waals surface area contributed by atoms with Crippen molar-refractivity contribution >= 4 is 33.8 Å². The van der Waals surface area contributed by atoms with Crippen LogP contribution in [0.3, 0.4) is 0 Å². The maximum absolute atomic E-state index is 10.8. The SMILES string of the molecule is CC(C)c1ccc(NC(=O)[C]=O)c(Br)c1. The molecule has 0 aliphatic rings. The van der Waals surface area contributed by atoms with Gasteiger partial charge in [0, 0.05) is 4.47 Å². The predicted molar refractivity (Wildman–Crippen MR) is 62.6 cm³/mol. The van der Waals surface area contributed by atoms with Crippen LogP contribution in [0.25, 0.3) is 0 Å². The molecule has 0 aliphatic carbocycles. The lowest BCUT2D eigenvalue weighted by molar-refractivity contribution is -0.110. The standard InChI is InChI=1S/C11H11BrNO2/c1-7(2)8-3-4-10(9(12)5-8)13-11(15)6-14/h3-5,7H,1-2H3,(H,13,15). The van der Waals surface area contributed by atoms with Crippen molar-refractivity contribution in [2.75, 3.05) is 5.32 Å². The molecule has 0 heterocycles. The Morgan fingerprint density at radius 2 is 2.13 bits per heavy atom. The van der Waals surface area contributed by atoms with Crippen LogP contribution in [0.1, 0.15) is 25.3 Å². The minimum absolute atomic E-state index is 0.420. The van der Waals surface area contributed by atoms with Gasteiger partial charge in [0.15, 0.2) is 0 Å². The van der Waals surface area contributed by atoms with E-state index in [4.69, 9.17) is 0 Å². The molecule has 0 aliphatic heterocycles. The van der Waals surface area contributed by atoms with Gasteiger partial charge < -0.3 is 5.32 Å². The van der Waals surface area contributed by atoms with E-state index < -0.39 is 5.91 Å². The molecule has 0 bridgehead atoms. The van der Waals surface area contributed by atoms with Gasteiger partial charge in [-0.15, -0.1) is 0 Å². The fourth-order valence-electron chi connectivity index (χ4n) is 1.14. The molecule has 1 N–H and O–H groups in total. The molecule has 0 fully saturated rings. The first-order chi connectivity index (χ1) is 7.04. The van der Waals surface area contributed by atoms with Gasteiger partial charge >= 0.3 is 5.91 Å². The van der Waals surface area contributed by atoms with Crippen LogP contribution in [0, 0.1) is 0 Å². The predicted octanol–water partition coefficient (Wildman–Crippen LogP) is 2.62. The monoisotopic (exact) mass is 268 g/mol. The normalized spacial score (nSPS) is 10.1. The van der Waals surface area contributed by atoms with Crippen LogP contribution < -0.4 is 5.32 Å². The Morgan fingerprint density at radius 3 is 2.60 bits per heavy atom. The van der Waals surface area contributed by atoms with Crippen molar-refractivity contribution in [3.05, 3.63) is 28.2 Å². The highest BCUT2D eigenvalue weighted by Gasteiger charge is 2.07. The number of hydrogen-bond donors (Lipinski definition) is 1. The Labute approximate surface area is 97.0 Å². The summed E-state index contributed by atoms with van der Waals surface area (Å²) in [5, 5.41) is 2.42. The van der Waals surface area contributed by atoms with Crippen LogP contribution in [0.2, 0.25) is 0 Å². The smallest absolute Gasteiger partial charge is 0.300 e. The average molecular weight is 269 g/mol. The molecule has 4 heteroatoms. The van der Waals surface area contributed by atoms with Crippen LogP contribution in [0.15, 0.2) is 22.7 Å². The highest BCUT2D eigenvalue weighted by molar-refractivity contribution is 9.10. The number of rotatable bonds is 3. The van der Waals surface area contributed by atoms with Crippen molar-refractivity contribution in [3.8, 4) is 0 Å². The van der Waals surface area contributed by atoms with Crippen molar-refractivity contribution in [1.29, 1.82) is 0 Å². The first-order valence-corrected chi connectivity index (χ1v) is 5.32. The molecule has 1 amide bonds. The summed E-state index contributed by atoms with van der Waals surface area (Å²) in [6, 6.07) is 5.59. The maximum atomic E-state index is 10.8. The van der Waals surface area contributed by atoms with Gasteiger partial charge in [-0.1, -0.05) is 19.9 Å². The van der Waals surface area contributed by atoms with E-state index >= 15 is 0 Å². The zero-order valence-corrected chi connectivity index (χ0v) is 10.1. The molecule has 0 atom stereocenters. The van der Waals surface area contributed by atoms with Gasteiger partial charge in [0.2, 0.25) is 0 Å². The lowest BCUT2D eigenvalue weighted by Gasteiger charge is -2.09. The minimum Gasteiger partial charge on any atom is -0.318 e. The largest absolute Gasteiger partial charge is 0.318 e. The van der Waals surface area contributed by atoms with Crippen molar-refractivity contribution in [2.45, 2.75) is 19.8 Å². The number of carbonyl (C=O) groups excluding carboxylic acids is 2. The number of benzene rings is 1. The maximum Gasteiger partial charge on any atom is 0.300 e. The summed E-state index contributed by atoms with van der Waals surface area (Å²) in [4.78, 5) is 20.8. The van der Waals surface area contributed by atoms with E-state index in [0.717, 1.165) is 10.0 Å². The third-order valence-corrected chi connectivity index (χ3v) is 2.66. The lowest BCUT2D eigenvalue weighted by Crippen LogP contribution is -2.12. The van der Waals surface area contributed by atoms with E-state index in [1.165, 1.54) is 6.29 Å². The Bertz CT molecular complexity index is 388. The summed E-state index contributed by atoms with van der Waals surface area (Å²) in [6.45, 7) is 4.17. The van der Waals surface area contributed by atoms with Crippen molar-refractivity contribution < 1.29 is 9.59 Å². The number of halogens is 1. The Balaban J connectivity index is 2.93. The highest BCUT2D eigenvalue weighted by atomic mass is 79.9. The second kappa shape index (κ2) is 5.07. The number of anilines is 1. The Kier molecular flexibility index (Phi) is 4.03. The third kappa shape index (κ3) is 3.16. The molecule has 1 rings (SSSR count). The number of amides is 1. The summed E-state index contributed by atoms with van der Waals surface area (Å²) in [6.07, 6.45) is 1.26. The topological polar surface area (TPSA) is 46.2 Å². The van der Waals surface area contributed by atoms with Crippen molar-refractivity contribution in [3.63, 3.8) is 0 Å². The molecule has 79 valence electrons. The fraction of sp³-hybridized carbons (Fsp3) is 0.273. The molecule has 0 unspecified atom stereocenters. The van der Waals surface area contributed by atoms with E-state index in [1.807, 2.05) is 12.1 Å². The van der Waals surface area contributed by atoms with Gasteiger partial charge in [-0.3, -0.25) is 9.59 Å². The summed E-state index contributed by atoms with van der Waals surface area (Å²) < 4.78 is 0.761. The van der Waals surface area contributed by atoms with E-state index in [-0.39, 0.29) is 0 Å². The minimum atomic E-state index is -0.770. The fourth-order valence-corrected chi connectivity index (χ4v) is 1.64. The molecule has 1 radical (unpaired) electrons. The zero-order chi connectivity index (χ0) is 11.4. The van der Waals surface area contributed by atoms with Crippen LogP contribution >= 0.6 is 15.9 Å². The first kappa shape index (κ1) is 11.9. The molecular formula is C11H11BrNO2. The quantitative estimate of drug-likeness (QED) is 0.857. The first-order valence-electron chi connectivity index (χ1n) is 4.53. The molecule has 0 aromatic heterocycles. The second-order valence-electron chi connectivity index (χ2n) is 3.45. The molecule has 1 aromatic rings. The highest BCUT2D eigenvalue weighted by Crippen LogP contribution is 2.26. The molecule has 15 heavy (non-hydrogen) atoms. The van der Waals surface area contributed by atoms with E-state index in [2.05, 4.69) is 35.1 Å². The van der Waals surface area contributed by atoms with E-state index in [9.17, 15) is 9.59 Å². The van der Waals surface area contributed by atoms with Crippen LogP contribution in [-0.2, 0) is 9.59 Å². The summed E-state index contributed by atoms with van der Waals surface area (Å²) >= 11 is 3.33. The third-order valence-electron chi connectivity index (χ3n) is 2.00. The lowest BCUT2D eigenvalue weighted by atomic mass is 10.0. The Morgan fingerprint density at radius 1 is 1.47 bits per heavy atom. The van der Waals surface area contributed by atoms with Gasteiger partial charge in [-0.2, -0.15) is 0 Å².